The second-order valence-electron chi connectivity index (χ2n) is 7.13. The summed E-state index contributed by atoms with van der Waals surface area (Å²) in [6, 6.07) is -0.996. The number of nitrogens with zero attached hydrogens (tertiary/aromatic N) is 1. The van der Waals surface area contributed by atoms with Crippen LogP contribution in [0.15, 0.2) is 0 Å². The lowest BCUT2D eigenvalue weighted by Gasteiger charge is -2.48. The van der Waals surface area contributed by atoms with E-state index in [1.807, 2.05) is 13.8 Å². The zero-order valence-corrected chi connectivity index (χ0v) is 18.7. The van der Waals surface area contributed by atoms with Crippen molar-refractivity contribution >= 4 is 24.4 Å². The number of thiol groups is 1. The first-order chi connectivity index (χ1) is 14.1. The second kappa shape index (κ2) is 12.0. The summed E-state index contributed by atoms with van der Waals surface area (Å²) >= 11 is 3.53. The van der Waals surface area contributed by atoms with E-state index in [1.165, 1.54) is 0 Å². The Morgan fingerprint density at radius 3 is 1.97 bits per heavy atom. The van der Waals surface area contributed by atoms with Crippen molar-refractivity contribution in [2.24, 2.45) is 11.3 Å². The first kappa shape index (κ1) is 28.9. The number of amides is 2. The molecule has 30 heavy (non-hydrogen) atoms. The molecule has 0 aromatic carbocycles. The Kier molecular flexibility index (Phi) is 11.6. The molecule has 0 aromatic rings. The fraction of sp³-hybridized carbons (Fsp3) is 0.895. The monoisotopic (exact) mass is 466 g/mol. The van der Waals surface area contributed by atoms with Gasteiger partial charge in [0.1, 0.15) is 6.04 Å². The predicted molar refractivity (Wildman–Crippen MR) is 106 cm³/mol. The Morgan fingerprint density at radius 1 is 1.07 bits per heavy atom. The van der Waals surface area contributed by atoms with Gasteiger partial charge in [-0.3, -0.25) is 14.0 Å². The number of hydrogen-bond donors (Lipinski definition) is 2. The number of hydrogen-bond acceptors (Lipinski definition) is 3. The van der Waals surface area contributed by atoms with Gasteiger partial charge in [-0.25, -0.2) is 8.78 Å². The normalized spacial score (nSPS) is 23.3. The van der Waals surface area contributed by atoms with E-state index in [9.17, 15) is 35.9 Å². The van der Waals surface area contributed by atoms with Crippen molar-refractivity contribution in [1.29, 1.82) is 0 Å². The summed E-state index contributed by atoms with van der Waals surface area (Å²) in [5.74, 6) is -4.97. The summed E-state index contributed by atoms with van der Waals surface area (Å²) in [6.07, 6.45) is -3.78. The molecule has 1 atom stereocenters. The van der Waals surface area contributed by atoms with E-state index in [2.05, 4.69) is 17.9 Å². The van der Waals surface area contributed by atoms with E-state index in [0.29, 0.717) is 26.1 Å². The van der Waals surface area contributed by atoms with E-state index >= 15 is 0 Å². The maximum absolute atomic E-state index is 13.3. The van der Waals surface area contributed by atoms with Crippen LogP contribution < -0.4 is 5.32 Å². The molecule has 3 rings (SSSR count). The Bertz CT molecular complexity index is 548. The molecule has 178 valence electrons. The van der Waals surface area contributed by atoms with Gasteiger partial charge >= 0.3 is 6.18 Å². The minimum Gasteiger partial charge on any atom is -0.354 e. The van der Waals surface area contributed by atoms with Gasteiger partial charge in [-0.05, 0) is 37.9 Å². The number of likely N-dealkylation sites (tertiary alicyclic amines) is 1. The molecule has 1 heterocycles. The van der Waals surface area contributed by atoms with Gasteiger partial charge in [-0.2, -0.15) is 25.8 Å². The maximum Gasteiger partial charge on any atom is 0.403 e. The lowest BCUT2D eigenvalue weighted by atomic mass is 9.64. The molecule has 11 heteroatoms. The highest BCUT2D eigenvalue weighted by Gasteiger charge is 2.74. The van der Waals surface area contributed by atoms with Crippen LogP contribution in [-0.2, 0) is 9.59 Å². The highest BCUT2D eigenvalue weighted by Crippen LogP contribution is 2.61. The molecule has 2 amide bonds. The van der Waals surface area contributed by atoms with E-state index in [0.717, 1.165) is 17.7 Å². The number of rotatable bonds is 4. The Balaban J connectivity index is 0.00000129. The van der Waals surface area contributed by atoms with Gasteiger partial charge in [0.05, 0.1) is 7.18 Å². The van der Waals surface area contributed by atoms with Gasteiger partial charge in [-0.15, -0.1) is 0 Å². The zero-order chi connectivity index (χ0) is 23.8. The van der Waals surface area contributed by atoms with Crippen molar-refractivity contribution in [1.82, 2.24) is 10.2 Å². The molecule has 1 aliphatic heterocycles. The Hall–Kier alpha value is -1.13. The third-order valence-corrected chi connectivity index (χ3v) is 5.15. The lowest BCUT2D eigenvalue weighted by molar-refractivity contribution is -0.299. The molecule has 3 fully saturated rings. The smallest absolute Gasteiger partial charge is 0.354 e. The molecular weight excluding hydrogens is 434 g/mol. The maximum atomic E-state index is 13.3. The summed E-state index contributed by atoms with van der Waals surface area (Å²) in [6.45, 7) is 4.43. The number of carbonyl (C=O) groups excluding carboxylic acids is 2. The van der Waals surface area contributed by atoms with Crippen LogP contribution in [-0.4, -0.2) is 61.4 Å². The molecule has 0 radical (unpaired) electrons. The lowest BCUT2D eigenvalue weighted by Crippen LogP contribution is -2.64. The van der Waals surface area contributed by atoms with Crippen LogP contribution in [0, 0.1) is 11.3 Å². The van der Waals surface area contributed by atoms with E-state index in [4.69, 9.17) is 0 Å². The van der Waals surface area contributed by atoms with E-state index < -0.39 is 48.2 Å². The minimum absolute atomic E-state index is 0.0102. The summed E-state index contributed by atoms with van der Waals surface area (Å²) < 4.78 is 75.7. The van der Waals surface area contributed by atoms with Crippen molar-refractivity contribution in [3.63, 3.8) is 0 Å². The van der Waals surface area contributed by atoms with Gasteiger partial charge < -0.3 is 10.2 Å². The van der Waals surface area contributed by atoms with Gasteiger partial charge in [0.25, 0.3) is 5.92 Å². The van der Waals surface area contributed by atoms with Crippen LogP contribution in [0.25, 0.3) is 0 Å². The summed E-state index contributed by atoms with van der Waals surface area (Å²) in [5.41, 5.74) is -3.06. The molecule has 2 saturated carbocycles. The Morgan fingerprint density at radius 2 is 1.57 bits per heavy atom. The van der Waals surface area contributed by atoms with Crippen molar-refractivity contribution in [3.8, 4) is 0 Å². The number of halogens is 6. The zero-order valence-electron chi connectivity index (χ0n) is 17.8. The highest BCUT2D eigenvalue weighted by atomic mass is 32.1. The van der Waals surface area contributed by atoms with Crippen LogP contribution in [0.4, 0.5) is 26.3 Å². The van der Waals surface area contributed by atoms with Crippen LogP contribution in [0.2, 0.25) is 0 Å². The topological polar surface area (TPSA) is 49.4 Å². The highest BCUT2D eigenvalue weighted by molar-refractivity contribution is 7.79. The molecule has 0 aromatic heterocycles. The molecule has 1 saturated heterocycles. The molecule has 0 bridgehead atoms. The van der Waals surface area contributed by atoms with E-state index in [-0.39, 0.29) is 13.0 Å². The molecule has 3 aliphatic rings. The quantitative estimate of drug-likeness (QED) is 0.469. The van der Waals surface area contributed by atoms with Gasteiger partial charge in [0, 0.05) is 25.9 Å². The molecule has 4 nitrogen and oxygen atoms in total. The average molecular weight is 467 g/mol. The third-order valence-electron chi connectivity index (χ3n) is 5.15. The summed E-state index contributed by atoms with van der Waals surface area (Å²) in [7, 11) is 0.500. The average Bonchev–Trinajstić information content (AvgIpc) is 3.40. The van der Waals surface area contributed by atoms with Gasteiger partial charge in [-0.1, -0.05) is 13.8 Å². The number of nitrogens with one attached hydrogen (secondary N) is 1. The van der Waals surface area contributed by atoms with Gasteiger partial charge in [0.15, 0.2) is 5.41 Å². The SMILES string of the molecule is CC.CF.CS.O=C(NCC1CC1)C1CCCN1C(=O)C1(C(F)(F)F)CC(F)(F)C1. The standard InChI is InChI=1S/C15H19F5N2O2.C2H6.CH3F.CH4S/c16-14(17)7-13(8-14,15(18,19)20)12(24)22-5-1-2-10(22)11(23)21-6-9-3-4-9;3*1-2/h9-10H,1-8H2,(H,21,23);1-2H3;1H3;2H,1H3. The largest absolute Gasteiger partial charge is 0.403 e. The van der Waals surface area contributed by atoms with Crippen LogP contribution in [0.1, 0.15) is 52.4 Å². The molecule has 0 spiro atoms. The summed E-state index contributed by atoms with van der Waals surface area (Å²) in [4.78, 5) is 25.5. The molecular formula is C19H32F6N2O2S. The van der Waals surface area contributed by atoms with Gasteiger partial charge in [0.2, 0.25) is 11.8 Å². The first-order valence-electron chi connectivity index (χ1n) is 9.92. The van der Waals surface area contributed by atoms with Crippen molar-refractivity contribution in [2.45, 2.75) is 70.5 Å². The van der Waals surface area contributed by atoms with Crippen molar-refractivity contribution in [3.05, 3.63) is 0 Å². The van der Waals surface area contributed by atoms with E-state index in [1.54, 1.807) is 6.26 Å². The van der Waals surface area contributed by atoms with Crippen LogP contribution in [0.5, 0.6) is 0 Å². The molecule has 1 N–H and O–H groups in total. The Labute approximate surface area is 179 Å². The fourth-order valence-electron chi connectivity index (χ4n) is 3.55. The minimum atomic E-state index is -5.05. The molecule has 2 aliphatic carbocycles. The van der Waals surface area contributed by atoms with Crippen LogP contribution >= 0.6 is 12.6 Å². The number of carbonyl (C=O) groups is 2. The number of alkyl halides is 6. The second-order valence-corrected chi connectivity index (χ2v) is 7.13. The van der Waals surface area contributed by atoms with Crippen molar-refractivity contribution in [2.75, 3.05) is 26.5 Å². The van der Waals surface area contributed by atoms with Crippen molar-refractivity contribution < 1.29 is 35.9 Å². The predicted octanol–water partition coefficient (Wildman–Crippen LogP) is 4.64. The molecule has 1 unspecified atom stereocenters. The van der Waals surface area contributed by atoms with Crippen LogP contribution in [0.3, 0.4) is 0 Å². The third kappa shape index (κ3) is 6.68. The summed E-state index contributed by atoms with van der Waals surface area (Å²) in [5, 5.41) is 2.65. The first-order valence-corrected chi connectivity index (χ1v) is 10.8. The fourth-order valence-corrected chi connectivity index (χ4v) is 3.55.